The smallest absolute Gasteiger partial charge is 0.172 e. The maximum atomic E-state index is 15.6. The molecule has 0 spiro atoms. The number of nitrogens with zero attached hydrogens (tertiary/aromatic N) is 3. The van der Waals surface area contributed by atoms with Gasteiger partial charge in [-0.15, -0.1) is 0 Å². The Morgan fingerprint density at radius 1 is 0.373 bits per heavy atom. The number of rotatable bonds is 7. The minimum absolute atomic E-state index is 0.699. The van der Waals surface area contributed by atoms with Gasteiger partial charge in [-0.3, -0.25) is 9.38 Å². The average molecular weight is 796 g/mol. The highest BCUT2D eigenvalue weighted by Gasteiger charge is 2.32. The first-order valence-electron chi connectivity index (χ1n) is 19.6. The summed E-state index contributed by atoms with van der Waals surface area (Å²) in [5, 5.41) is 8.72. The molecule has 0 fully saturated rings. The number of aromatic nitrogens is 3. The summed E-state index contributed by atoms with van der Waals surface area (Å²) in [6.07, 6.45) is 1.78. The molecule has 0 saturated heterocycles. The van der Waals surface area contributed by atoms with E-state index in [2.05, 4.69) is 77.2 Å². The molecule has 0 unspecified atom stereocenters. The van der Waals surface area contributed by atoms with Crippen LogP contribution in [0.1, 0.15) is 0 Å². The maximum absolute atomic E-state index is 15.6. The molecule has 3 aromatic heterocycles. The summed E-state index contributed by atoms with van der Waals surface area (Å²) in [6.45, 7) is 0. The van der Waals surface area contributed by atoms with Crippen molar-refractivity contribution in [2.45, 2.75) is 0 Å². The van der Waals surface area contributed by atoms with Crippen molar-refractivity contribution in [2.75, 3.05) is 0 Å². The lowest BCUT2D eigenvalue weighted by atomic mass is 10.0. The fraction of sp³-hybridized carbons (Fsp3) is 0. The van der Waals surface area contributed by atoms with Crippen molar-refractivity contribution >= 4 is 95.4 Å². The van der Waals surface area contributed by atoms with Crippen molar-refractivity contribution < 1.29 is 9.13 Å². The Labute approximate surface area is 341 Å². The molecule has 0 bridgehead atoms. The third kappa shape index (κ3) is 5.62. The molecular weight excluding hydrogens is 761 g/mol. The normalized spacial score (nSPS) is 12.2. The van der Waals surface area contributed by atoms with Crippen LogP contribution in [0.15, 0.2) is 212 Å². The molecule has 0 saturated carbocycles. The summed E-state index contributed by atoms with van der Waals surface area (Å²) in [5.41, 5.74) is 6.45. The van der Waals surface area contributed by atoms with Crippen molar-refractivity contribution in [1.29, 1.82) is 0 Å². The number of fused-ring (bicyclic) bond motifs is 9. The Morgan fingerprint density at radius 2 is 0.898 bits per heavy atom. The van der Waals surface area contributed by atoms with E-state index in [1.807, 2.05) is 133 Å². The Morgan fingerprint density at radius 3 is 1.51 bits per heavy atom. The lowest BCUT2D eigenvalue weighted by Gasteiger charge is -2.21. The van der Waals surface area contributed by atoms with Crippen LogP contribution in [0.3, 0.4) is 0 Å². The highest BCUT2D eigenvalue weighted by Crippen LogP contribution is 2.45. The largest absolute Gasteiger partial charge is 0.309 e. The van der Waals surface area contributed by atoms with Gasteiger partial charge in [-0.2, -0.15) is 0 Å². The first kappa shape index (κ1) is 35.3. The summed E-state index contributed by atoms with van der Waals surface area (Å²) in [4.78, 5) is 10.2. The standard InChI is InChI=1S/C52H35N3O2P2/c56-58(39-15-5-1-6-16-39,40-17-7-2-8-18-40)43-28-29-46-45-23-13-14-24-47(45)52-54-48-30-27-37(33-51(48)55(52)50(46)34-43)36-25-26-38-31-44(35-53-49(38)32-36)59(57,41-19-9-3-10-20-41)42-21-11-4-12-22-42/h1-35H. The van der Waals surface area contributed by atoms with Gasteiger partial charge < -0.3 is 9.13 Å². The van der Waals surface area contributed by atoms with Crippen LogP contribution in [0.4, 0.5) is 0 Å². The molecule has 11 aromatic rings. The Bertz CT molecular complexity index is 3410. The third-order valence-corrected chi connectivity index (χ3v) is 17.6. The van der Waals surface area contributed by atoms with Gasteiger partial charge in [0.25, 0.3) is 0 Å². The summed E-state index contributed by atoms with van der Waals surface area (Å²) < 4.78 is 32.9. The molecule has 280 valence electrons. The number of benzene rings is 8. The van der Waals surface area contributed by atoms with Gasteiger partial charge >= 0.3 is 0 Å². The predicted molar refractivity (Wildman–Crippen MR) is 247 cm³/mol. The van der Waals surface area contributed by atoms with E-state index in [0.717, 1.165) is 86.9 Å². The van der Waals surface area contributed by atoms with Crippen LogP contribution < -0.4 is 31.8 Å². The van der Waals surface area contributed by atoms with Crippen LogP contribution in [0, 0.1) is 0 Å². The van der Waals surface area contributed by atoms with E-state index in [0.29, 0.717) is 5.30 Å². The van der Waals surface area contributed by atoms with Gasteiger partial charge in [0.2, 0.25) is 0 Å². The highest BCUT2D eigenvalue weighted by atomic mass is 31.2. The predicted octanol–water partition coefficient (Wildman–Crippen LogP) is 10.3. The van der Waals surface area contributed by atoms with Crippen LogP contribution in [-0.2, 0) is 9.13 Å². The molecule has 0 atom stereocenters. The SMILES string of the molecule is O=P(c1ccccc1)(c1ccccc1)c1cnc2cc(-c3ccc4nc5c6ccccc6c6ccc(P(=O)(c7ccccc7)c7ccccc7)cc6n5c4c3)ccc2c1. The fourth-order valence-electron chi connectivity index (χ4n) is 8.63. The first-order valence-corrected chi connectivity index (χ1v) is 23.0. The Kier molecular flexibility index (Phi) is 8.30. The molecule has 7 heteroatoms. The molecule has 0 N–H and O–H groups in total. The van der Waals surface area contributed by atoms with Gasteiger partial charge in [0.15, 0.2) is 14.3 Å². The van der Waals surface area contributed by atoms with Crippen molar-refractivity contribution in [3.8, 4) is 11.1 Å². The van der Waals surface area contributed by atoms with E-state index in [1.54, 1.807) is 6.20 Å². The maximum Gasteiger partial charge on any atom is 0.172 e. The van der Waals surface area contributed by atoms with Crippen LogP contribution in [0.5, 0.6) is 0 Å². The second-order valence-electron chi connectivity index (χ2n) is 14.9. The lowest BCUT2D eigenvalue weighted by Crippen LogP contribution is -2.25. The van der Waals surface area contributed by atoms with E-state index in [9.17, 15) is 0 Å². The molecule has 0 aliphatic carbocycles. The minimum Gasteiger partial charge on any atom is -0.309 e. The summed E-state index contributed by atoms with van der Waals surface area (Å²) >= 11 is 0. The quantitative estimate of drug-likeness (QED) is 0.119. The Hall–Kier alpha value is -6.90. The summed E-state index contributed by atoms with van der Waals surface area (Å²) in [7, 11) is -6.42. The zero-order chi connectivity index (χ0) is 39.6. The van der Waals surface area contributed by atoms with Crippen LogP contribution in [0.2, 0.25) is 0 Å². The monoisotopic (exact) mass is 795 g/mol. The van der Waals surface area contributed by atoms with Gasteiger partial charge in [0.05, 0.1) is 22.1 Å². The van der Waals surface area contributed by atoms with Crippen molar-refractivity contribution in [3.05, 3.63) is 212 Å². The molecule has 0 aliphatic heterocycles. The summed E-state index contributed by atoms with van der Waals surface area (Å²) in [6, 6.07) is 68.4. The third-order valence-electron chi connectivity index (χ3n) is 11.5. The van der Waals surface area contributed by atoms with Crippen LogP contribution >= 0.6 is 14.3 Å². The zero-order valence-electron chi connectivity index (χ0n) is 31.8. The molecule has 5 nitrogen and oxygen atoms in total. The molecular formula is C52H35N3O2P2. The fourth-order valence-corrected chi connectivity index (χ4v) is 13.9. The molecule has 59 heavy (non-hydrogen) atoms. The van der Waals surface area contributed by atoms with Crippen LogP contribution in [-0.4, -0.2) is 14.4 Å². The molecule has 0 radical (unpaired) electrons. The molecule has 0 aliphatic rings. The molecule has 0 amide bonds. The zero-order valence-corrected chi connectivity index (χ0v) is 33.5. The average Bonchev–Trinajstić information content (AvgIpc) is 3.71. The minimum atomic E-state index is -3.25. The van der Waals surface area contributed by atoms with Crippen LogP contribution in [0.25, 0.3) is 60.4 Å². The molecule has 3 heterocycles. The second kappa shape index (κ2) is 13.9. The second-order valence-corrected chi connectivity index (χ2v) is 20.4. The van der Waals surface area contributed by atoms with E-state index in [1.165, 1.54) is 0 Å². The van der Waals surface area contributed by atoms with E-state index < -0.39 is 14.3 Å². The van der Waals surface area contributed by atoms with Gasteiger partial charge in [-0.25, -0.2) is 4.98 Å². The van der Waals surface area contributed by atoms with Crippen molar-refractivity contribution in [1.82, 2.24) is 14.4 Å². The number of pyridine rings is 2. The topological polar surface area (TPSA) is 64.3 Å². The first-order chi connectivity index (χ1) is 29.0. The van der Waals surface area contributed by atoms with Gasteiger partial charge in [0.1, 0.15) is 5.65 Å². The van der Waals surface area contributed by atoms with Crippen molar-refractivity contribution in [2.24, 2.45) is 0 Å². The van der Waals surface area contributed by atoms with E-state index in [4.69, 9.17) is 9.97 Å². The van der Waals surface area contributed by atoms with Gasteiger partial charge in [-0.1, -0.05) is 176 Å². The lowest BCUT2D eigenvalue weighted by molar-refractivity contribution is 0.591. The highest BCUT2D eigenvalue weighted by molar-refractivity contribution is 7.85. The number of imidazole rings is 1. The number of hydrogen-bond donors (Lipinski definition) is 0. The molecule has 11 rings (SSSR count). The summed E-state index contributed by atoms with van der Waals surface area (Å²) in [5.74, 6) is 0. The Balaban J connectivity index is 1.09. The van der Waals surface area contributed by atoms with Gasteiger partial charge in [0, 0.05) is 54.2 Å². The van der Waals surface area contributed by atoms with Crippen molar-refractivity contribution in [3.63, 3.8) is 0 Å². The number of hydrogen-bond acceptors (Lipinski definition) is 4. The van der Waals surface area contributed by atoms with E-state index >= 15 is 9.13 Å². The molecule has 8 aromatic carbocycles. The van der Waals surface area contributed by atoms with E-state index in [-0.39, 0.29) is 0 Å². The van der Waals surface area contributed by atoms with Gasteiger partial charge in [-0.05, 0) is 46.8 Å².